The maximum atomic E-state index is 13.5. The number of nitrogens with zero attached hydrogens (tertiary/aromatic N) is 1. The first-order chi connectivity index (χ1) is 18.0. The van der Waals surface area contributed by atoms with Gasteiger partial charge in [-0.3, -0.25) is 9.59 Å². The Labute approximate surface area is 214 Å². The summed E-state index contributed by atoms with van der Waals surface area (Å²) in [5, 5.41) is 12.0. The lowest BCUT2D eigenvalue weighted by atomic mass is 9.92. The zero-order valence-electron chi connectivity index (χ0n) is 20.7. The number of benzene rings is 3. The summed E-state index contributed by atoms with van der Waals surface area (Å²) in [7, 11) is 3.17. The summed E-state index contributed by atoms with van der Waals surface area (Å²) in [6, 6.07) is 21.6. The highest BCUT2D eigenvalue weighted by Gasteiger charge is 2.44. The van der Waals surface area contributed by atoms with Gasteiger partial charge < -0.3 is 24.5 Å². The molecule has 0 spiro atoms. The molecule has 7 heteroatoms. The quantitative estimate of drug-likeness (QED) is 0.343. The first kappa shape index (κ1) is 24.2. The number of para-hydroxylation sites is 1. The Kier molecular flexibility index (Phi) is 6.68. The Balaban J connectivity index is 1.50. The fraction of sp³-hybridized carbons (Fsp3) is 0.200. The van der Waals surface area contributed by atoms with E-state index in [1.165, 1.54) is 0 Å². The molecule has 4 aromatic rings. The van der Waals surface area contributed by atoms with Crippen molar-refractivity contribution in [3.63, 3.8) is 0 Å². The van der Waals surface area contributed by atoms with E-state index in [9.17, 15) is 14.7 Å². The molecular weight excluding hydrogens is 468 g/mol. The van der Waals surface area contributed by atoms with Gasteiger partial charge in [0.15, 0.2) is 11.5 Å². The second-order valence-corrected chi connectivity index (χ2v) is 8.97. The van der Waals surface area contributed by atoms with E-state index in [0.29, 0.717) is 17.7 Å². The van der Waals surface area contributed by atoms with Gasteiger partial charge in [0.05, 0.1) is 25.8 Å². The summed E-state index contributed by atoms with van der Waals surface area (Å²) in [4.78, 5) is 31.7. The molecule has 1 unspecified atom stereocenters. The van der Waals surface area contributed by atoms with Crippen LogP contribution in [0.1, 0.15) is 22.7 Å². The fourth-order valence-corrected chi connectivity index (χ4v) is 4.99. The first-order valence-electron chi connectivity index (χ1n) is 12.1. The van der Waals surface area contributed by atoms with Gasteiger partial charge in [-0.2, -0.15) is 0 Å². The number of aromatic nitrogens is 1. The third kappa shape index (κ3) is 4.56. The molecule has 0 radical (unpaired) electrons. The zero-order chi connectivity index (χ0) is 25.9. The number of hydrogen-bond acceptors (Lipinski definition) is 5. The number of ketones is 1. The van der Waals surface area contributed by atoms with Gasteiger partial charge in [0.2, 0.25) is 0 Å². The number of fused-ring (bicyclic) bond motifs is 1. The van der Waals surface area contributed by atoms with Crippen LogP contribution < -0.4 is 9.47 Å². The summed E-state index contributed by atoms with van der Waals surface area (Å²) in [6.45, 7) is 0.290. The third-order valence-corrected chi connectivity index (χ3v) is 6.84. The van der Waals surface area contributed by atoms with Gasteiger partial charge in [-0.15, -0.1) is 0 Å². The van der Waals surface area contributed by atoms with Crippen LogP contribution in [0.25, 0.3) is 10.9 Å². The van der Waals surface area contributed by atoms with Crippen molar-refractivity contribution in [2.45, 2.75) is 18.9 Å². The van der Waals surface area contributed by atoms with Crippen LogP contribution in [0.2, 0.25) is 0 Å². The van der Waals surface area contributed by atoms with Crippen molar-refractivity contribution in [2.24, 2.45) is 0 Å². The van der Waals surface area contributed by atoms with Crippen molar-refractivity contribution < 1.29 is 24.2 Å². The Morgan fingerprint density at radius 3 is 2.51 bits per heavy atom. The number of carbonyl (C=O) groups excluding carboxylic acids is 2. The maximum absolute atomic E-state index is 13.5. The van der Waals surface area contributed by atoms with E-state index in [0.717, 1.165) is 27.8 Å². The van der Waals surface area contributed by atoms with Crippen LogP contribution in [0, 0.1) is 0 Å². The molecule has 1 aliphatic rings. The summed E-state index contributed by atoms with van der Waals surface area (Å²) in [6.07, 6.45) is 2.50. The number of aromatic amines is 1. The highest BCUT2D eigenvalue weighted by Crippen LogP contribution is 2.42. The molecule has 188 valence electrons. The predicted octanol–water partition coefficient (Wildman–Crippen LogP) is 4.94. The van der Waals surface area contributed by atoms with E-state index in [2.05, 4.69) is 4.98 Å². The van der Waals surface area contributed by atoms with Gasteiger partial charge in [0, 0.05) is 35.6 Å². The Bertz CT molecular complexity index is 1490. The number of aliphatic hydroxyl groups is 1. The molecule has 0 aliphatic carbocycles. The third-order valence-electron chi connectivity index (χ3n) is 6.84. The number of amides is 1. The van der Waals surface area contributed by atoms with Crippen molar-refractivity contribution in [1.82, 2.24) is 9.88 Å². The van der Waals surface area contributed by atoms with Crippen molar-refractivity contribution in [3.8, 4) is 11.5 Å². The number of Topliss-reactive ketones (excluding diaryl/α,β-unsaturated/α-hetero) is 1. The monoisotopic (exact) mass is 496 g/mol. The lowest BCUT2D eigenvalue weighted by molar-refractivity contribution is -0.129. The van der Waals surface area contributed by atoms with Crippen molar-refractivity contribution in [2.75, 3.05) is 20.8 Å². The minimum Gasteiger partial charge on any atom is -0.503 e. The number of ether oxygens (including phenoxy) is 2. The van der Waals surface area contributed by atoms with Crippen LogP contribution in [0.5, 0.6) is 11.5 Å². The second-order valence-electron chi connectivity index (χ2n) is 8.97. The van der Waals surface area contributed by atoms with E-state index in [4.69, 9.17) is 9.47 Å². The van der Waals surface area contributed by atoms with Crippen molar-refractivity contribution in [3.05, 3.63) is 107 Å². The number of nitrogens with one attached hydrogen (secondary N) is 1. The van der Waals surface area contributed by atoms with Crippen LogP contribution in [0.15, 0.2) is 90.3 Å². The van der Waals surface area contributed by atoms with E-state index in [-0.39, 0.29) is 24.3 Å². The molecule has 0 saturated heterocycles. The minimum absolute atomic E-state index is 0.0786. The SMILES string of the molecule is COc1ccc2[nH]cc(CCN3C(=O)C(O)=C(C(=O)Cc4ccccc4)C3c3ccccc3OC)c2c1. The molecule has 2 heterocycles. The number of methoxy groups -OCH3 is 2. The Morgan fingerprint density at radius 1 is 1.00 bits per heavy atom. The molecular formula is C30H28N2O5. The summed E-state index contributed by atoms with van der Waals surface area (Å²) in [5.41, 5.74) is 3.53. The van der Waals surface area contributed by atoms with Gasteiger partial charge in [-0.1, -0.05) is 48.5 Å². The number of aliphatic hydroxyl groups excluding tert-OH is 1. The minimum atomic E-state index is -0.764. The summed E-state index contributed by atoms with van der Waals surface area (Å²) >= 11 is 0. The lowest BCUT2D eigenvalue weighted by Gasteiger charge is -2.28. The predicted molar refractivity (Wildman–Crippen MR) is 141 cm³/mol. The maximum Gasteiger partial charge on any atom is 0.290 e. The fourth-order valence-electron chi connectivity index (χ4n) is 4.99. The normalized spacial score (nSPS) is 15.5. The molecule has 7 nitrogen and oxygen atoms in total. The molecule has 0 bridgehead atoms. The number of rotatable bonds is 9. The number of hydrogen-bond donors (Lipinski definition) is 2. The molecule has 2 N–H and O–H groups in total. The van der Waals surface area contributed by atoms with Crippen molar-refractivity contribution >= 4 is 22.6 Å². The highest BCUT2D eigenvalue weighted by atomic mass is 16.5. The first-order valence-corrected chi connectivity index (χ1v) is 12.1. The Hall–Kier alpha value is -4.52. The van der Waals surface area contributed by atoms with Gasteiger partial charge in [0.1, 0.15) is 11.5 Å². The number of H-pyrrole nitrogens is 1. The van der Waals surface area contributed by atoms with Crippen LogP contribution in [0.4, 0.5) is 0 Å². The molecule has 1 atom stereocenters. The molecule has 3 aromatic carbocycles. The average Bonchev–Trinajstić information content (AvgIpc) is 3.45. The van der Waals surface area contributed by atoms with E-state index in [1.54, 1.807) is 25.2 Å². The van der Waals surface area contributed by atoms with Crippen LogP contribution in [-0.4, -0.2) is 47.4 Å². The molecule has 1 aliphatic heterocycles. The van der Waals surface area contributed by atoms with Crippen molar-refractivity contribution in [1.29, 1.82) is 0 Å². The standard InChI is InChI=1S/C30H28N2O5/c1-36-21-12-13-24-23(17-21)20(18-31-24)14-15-32-28(22-10-6-7-11-26(22)37-2)27(29(34)30(32)35)25(33)16-19-8-4-3-5-9-19/h3-13,17-18,28,31,34H,14-16H2,1-2H3. The van der Waals surface area contributed by atoms with Gasteiger partial charge in [-0.05, 0) is 41.8 Å². The van der Waals surface area contributed by atoms with E-state index >= 15 is 0 Å². The smallest absolute Gasteiger partial charge is 0.290 e. The van der Waals surface area contributed by atoms with E-state index < -0.39 is 17.7 Å². The molecule has 0 fully saturated rings. The average molecular weight is 497 g/mol. The van der Waals surface area contributed by atoms with Gasteiger partial charge >= 0.3 is 0 Å². The second kappa shape index (κ2) is 10.2. The molecule has 1 amide bonds. The topological polar surface area (TPSA) is 91.9 Å². The Morgan fingerprint density at radius 2 is 1.76 bits per heavy atom. The van der Waals surface area contributed by atoms with E-state index in [1.807, 2.05) is 72.9 Å². The largest absolute Gasteiger partial charge is 0.503 e. The lowest BCUT2D eigenvalue weighted by Crippen LogP contribution is -2.33. The molecule has 1 aromatic heterocycles. The summed E-state index contributed by atoms with van der Waals surface area (Å²) in [5.74, 6) is -0.0816. The van der Waals surface area contributed by atoms with Gasteiger partial charge in [0.25, 0.3) is 5.91 Å². The van der Waals surface area contributed by atoms with Gasteiger partial charge in [-0.25, -0.2) is 0 Å². The molecule has 5 rings (SSSR count). The molecule has 37 heavy (non-hydrogen) atoms. The van der Waals surface area contributed by atoms with Crippen LogP contribution >= 0.6 is 0 Å². The van der Waals surface area contributed by atoms with Crippen LogP contribution in [0.3, 0.4) is 0 Å². The highest BCUT2D eigenvalue weighted by molar-refractivity contribution is 6.09. The summed E-state index contributed by atoms with van der Waals surface area (Å²) < 4.78 is 11.0. The number of carbonyl (C=O) groups is 2. The molecule has 0 saturated carbocycles. The van der Waals surface area contributed by atoms with Crippen LogP contribution in [-0.2, 0) is 22.4 Å². The zero-order valence-corrected chi connectivity index (χ0v) is 20.7.